The Morgan fingerprint density at radius 2 is 1.94 bits per heavy atom. The van der Waals surface area contributed by atoms with Gasteiger partial charge >= 0.3 is 0 Å². The fourth-order valence-electron chi connectivity index (χ4n) is 4.74. The van der Waals surface area contributed by atoms with Crippen LogP contribution in [-0.4, -0.2) is 46.2 Å². The number of nitrogens with zero attached hydrogens (tertiary/aromatic N) is 4. The maximum absolute atomic E-state index is 13.9. The van der Waals surface area contributed by atoms with Crippen molar-refractivity contribution in [3.05, 3.63) is 52.1 Å². The Morgan fingerprint density at radius 3 is 2.69 bits per heavy atom. The van der Waals surface area contributed by atoms with E-state index in [-0.39, 0.29) is 28.7 Å². The summed E-state index contributed by atoms with van der Waals surface area (Å²) in [6, 6.07) is 9.20. The Morgan fingerprint density at radius 1 is 1.17 bits per heavy atom. The van der Waals surface area contributed by atoms with Gasteiger partial charge in [0.1, 0.15) is 6.04 Å². The summed E-state index contributed by atoms with van der Waals surface area (Å²) in [5.41, 5.74) is 0.527. The molecule has 2 aliphatic heterocycles. The van der Waals surface area contributed by atoms with Crippen LogP contribution in [0.15, 0.2) is 35.1 Å². The van der Waals surface area contributed by atoms with Crippen molar-refractivity contribution < 1.29 is 18.3 Å². The monoisotopic (exact) mass is 503 g/mol. The lowest BCUT2D eigenvalue weighted by Crippen LogP contribution is -2.43. The van der Waals surface area contributed by atoms with Crippen molar-refractivity contribution in [2.45, 2.75) is 51.2 Å². The molecule has 0 saturated carbocycles. The summed E-state index contributed by atoms with van der Waals surface area (Å²) in [6.07, 6.45) is -0.00390. The van der Waals surface area contributed by atoms with Crippen LogP contribution >= 0.6 is 11.3 Å². The zero-order valence-electron chi connectivity index (χ0n) is 19.2. The number of rotatable bonds is 7. The number of nitrogens with one attached hydrogen (secondary N) is 1. The molecule has 0 aliphatic carbocycles. The third-order valence-electron chi connectivity index (χ3n) is 6.63. The van der Waals surface area contributed by atoms with E-state index in [1.54, 1.807) is 0 Å². The molecule has 1 amide bonds. The van der Waals surface area contributed by atoms with E-state index in [9.17, 15) is 18.4 Å². The van der Waals surface area contributed by atoms with Crippen LogP contribution in [-0.2, 0) is 22.6 Å². The first-order chi connectivity index (χ1) is 17.0. The van der Waals surface area contributed by atoms with E-state index in [1.807, 2.05) is 35.2 Å². The summed E-state index contributed by atoms with van der Waals surface area (Å²) >= 11 is 1.09. The van der Waals surface area contributed by atoms with E-state index < -0.39 is 23.9 Å². The van der Waals surface area contributed by atoms with E-state index in [0.29, 0.717) is 50.7 Å². The molecular weight excluding hydrogens is 476 g/mol. The molecule has 35 heavy (non-hydrogen) atoms. The maximum atomic E-state index is 13.9. The van der Waals surface area contributed by atoms with Gasteiger partial charge in [-0.25, -0.2) is 18.7 Å². The normalized spacial score (nSPS) is 19.1. The highest BCUT2D eigenvalue weighted by molar-refractivity contribution is 7.21. The molecule has 5 rings (SSSR count). The Hall–Kier alpha value is -2.92. The largest absolute Gasteiger partial charge is 0.381 e. The summed E-state index contributed by atoms with van der Waals surface area (Å²) in [4.78, 5) is 36.9. The molecule has 8 nitrogen and oxygen atoms in total. The number of carbonyl (C=O) groups excluding carboxylic acids is 1. The second kappa shape index (κ2) is 10.4. The number of ether oxygens (including phenoxy) is 1. The summed E-state index contributed by atoms with van der Waals surface area (Å²) in [7, 11) is 0. The first kappa shape index (κ1) is 23.8. The van der Waals surface area contributed by atoms with Gasteiger partial charge in [-0.3, -0.25) is 14.2 Å². The van der Waals surface area contributed by atoms with Crippen molar-refractivity contribution in [2.75, 3.05) is 24.7 Å². The molecule has 186 valence electrons. The smallest absolute Gasteiger partial charge is 0.295 e. The molecule has 1 atom stereocenters. The third-order valence-corrected chi connectivity index (χ3v) is 7.61. The standard InChI is InChI=1S/C24H27F2N5O3S/c25-19(26)20-29-22-18(23(33)31(20)14-16-8-11-34-12-9-16)28-24(35-22)30-10-4-7-17(30)21(32)27-13-15-5-2-1-3-6-15/h1-3,5-6,16-17,19H,4,7-14H2,(H,27,32). The number of hydrogen-bond acceptors (Lipinski definition) is 7. The van der Waals surface area contributed by atoms with Crippen molar-refractivity contribution in [3.8, 4) is 0 Å². The fourth-order valence-corrected chi connectivity index (χ4v) is 5.75. The number of carbonyl (C=O) groups is 1. The number of halogens is 2. The van der Waals surface area contributed by atoms with E-state index in [4.69, 9.17) is 4.74 Å². The average molecular weight is 504 g/mol. The Labute approximate surface area is 204 Å². The van der Waals surface area contributed by atoms with Crippen LogP contribution in [0, 0.1) is 5.92 Å². The zero-order chi connectivity index (χ0) is 24.4. The summed E-state index contributed by atoms with van der Waals surface area (Å²) < 4.78 is 34.2. The van der Waals surface area contributed by atoms with Crippen LogP contribution in [0.5, 0.6) is 0 Å². The van der Waals surface area contributed by atoms with Crippen LogP contribution in [0.4, 0.5) is 13.9 Å². The molecule has 2 aliphatic rings. The third kappa shape index (κ3) is 5.06. The van der Waals surface area contributed by atoms with Crippen molar-refractivity contribution in [3.63, 3.8) is 0 Å². The van der Waals surface area contributed by atoms with Crippen LogP contribution < -0.4 is 15.8 Å². The van der Waals surface area contributed by atoms with Gasteiger partial charge in [0.05, 0.1) is 0 Å². The minimum absolute atomic E-state index is 0.0765. The van der Waals surface area contributed by atoms with Crippen molar-refractivity contribution in [2.24, 2.45) is 5.92 Å². The van der Waals surface area contributed by atoms with E-state index >= 15 is 0 Å². The number of thiazole rings is 1. The van der Waals surface area contributed by atoms with Gasteiger partial charge < -0.3 is 15.0 Å². The molecule has 1 N–H and O–H groups in total. The first-order valence-electron chi connectivity index (χ1n) is 11.9. The highest BCUT2D eigenvalue weighted by atomic mass is 32.1. The number of hydrogen-bond donors (Lipinski definition) is 1. The number of alkyl halides is 2. The Kier molecular flexibility index (Phi) is 7.05. The molecule has 1 aromatic carbocycles. The van der Waals surface area contributed by atoms with E-state index in [0.717, 1.165) is 27.9 Å². The van der Waals surface area contributed by atoms with Gasteiger partial charge in [0, 0.05) is 32.8 Å². The highest BCUT2D eigenvalue weighted by Gasteiger charge is 2.33. The van der Waals surface area contributed by atoms with E-state index in [2.05, 4.69) is 15.3 Å². The molecule has 11 heteroatoms. The minimum Gasteiger partial charge on any atom is -0.381 e. The second-order valence-electron chi connectivity index (χ2n) is 8.95. The molecule has 1 unspecified atom stereocenters. The second-order valence-corrected chi connectivity index (χ2v) is 9.90. The molecular formula is C24H27F2N5O3S. The average Bonchev–Trinajstić information content (AvgIpc) is 3.53. The van der Waals surface area contributed by atoms with Crippen LogP contribution in [0.2, 0.25) is 0 Å². The molecule has 2 fully saturated rings. The Bertz CT molecular complexity index is 1240. The van der Waals surface area contributed by atoms with Crippen LogP contribution in [0.3, 0.4) is 0 Å². The highest BCUT2D eigenvalue weighted by Crippen LogP contribution is 2.33. The van der Waals surface area contributed by atoms with Gasteiger partial charge in [-0.1, -0.05) is 41.7 Å². The lowest BCUT2D eigenvalue weighted by molar-refractivity contribution is -0.122. The predicted octanol–water partition coefficient (Wildman–Crippen LogP) is 3.50. The van der Waals surface area contributed by atoms with Crippen LogP contribution in [0.25, 0.3) is 10.3 Å². The maximum Gasteiger partial charge on any atom is 0.295 e. The lowest BCUT2D eigenvalue weighted by Gasteiger charge is -2.23. The number of aromatic nitrogens is 3. The van der Waals surface area contributed by atoms with Crippen molar-refractivity contribution >= 4 is 32.7 Å². The molecule has 4 heterocycles. The lowest BCUT2D eigenvalue weighted by atomic mass is 10.0. The predicted molar refractivity (Wildman–Crippen MR) is 129 cm³/mol. The number of anilines is 1. The van der Waals surface area contributed by atoms with Gasteiger partial charge in [-0.05, 0) is 37.2 Å². The van der Waals surface area contributed by atoms with Gasteiger partial charge in [-0.15, -0.1) is 0 Å². The minimum atomic E-state index is -2.87. The first-order valence-corrected chi connectivity index (χ1v) is 12.7. The van der Waals surface area contributed by atoms with Gasteiger partial charge in [-0.2, -0.15) is 0 Å². The van der Waals surface area contributed by atoms with Gasteiger partial charge in [0.25, 0.3) is 12.0 Å². The number of amides is 1. The molecule has 2 aromatic heterocycles. The van der Waals surface area contributed by atoms with Crippen molar-refractivity contribution in [1.82, 2.24) is 19.9 Å². The SMILES string of the molecule is O=C(NCc1ccccc1)C1CCCN1c1nc2c(=O)n(CC3CCOCC3)c(C(F)F)nc2s1. The van der Waals surface area contributed by atoms with Crippen molar-refractivity contribution in [1.29, 1.82) is 0 Å². The summed E-state index contributed by atoms with van der Waals surface area (Å²) in [6.45, 7) is 2.30. The summed E-state index contributed by atoms with van der Waals surface area (Å²) in [5.74, 6) is -0.570. The summed E-state index contributed by atoms with van der Waals surface area (Å²) in [5, 5.41) is 3.43. The Balaban J connectivity index is 1.40. The molecule has 3 aromatic rings. The fraction of sp³-hybridized carbons (Fsp3) is 0.500. The van der Waals surface area contributed by atoms with Gasteiger partial charge in [0.15, 0.2) is 21.3 Å². The van der Waals surface area contributed by atoms with Gasteiger partial charge in [0.2, 0.25) is 5.91 Å². The molecule has 0 radical (unpaired) electrons. The molecule has 0 spiro atoms. The molecule has 2 saturated heterocycles. The number of fused-ring (bicyclic) bond motifs is 1. The zero-order valence-corrected chi connectivity index (χ0v) is 20.0. The quantitative estimate of drug-likeness (QED) is 0.531. The molecule has 0 bridgehead atoms. The topological polar surface area (TPSA) is 89.4 Å². The van der Waals surface area contributed by atoms with Crippen LogP contribution in [0.1, 0.15) is 43.5 Å². The van der Waals surface area contributed by atoms with E-state index in [1.165, 1.54) is 0 Å². The number of benzene rings is 1.